The third kappa shape index (κ3) is 4.64. The zero-order chi connectivity index (χ0) is 12.5. The lowest BCUT2D eigenvalue weighted by atomic mass is 10.2. The Morgan fingerprint density at radius 2 is 2.41 bits per heavy atom. The van der Waals surface area contributed by atoms with Crippen LogP contribution in [0.2, 0.25) is 0 Å². The molecule has 0 saturated heterocycles. The van der Waals surface area contributed by atoms with Crippen LogP contribution in [0, 0.1) is 11.8 Å². The number of carbonyl (C=O) groups excluding carboxylic acids is 1. The number of rotatable bonds is 4. The van der Waals surface area contributed by atoms with Gasteiger partial charge in [0.15, 0.2) is 0 Å². The van der Waals surface area contributed by atoms with E-state index in [1.165, 1.54) is 6.20 Å². The van der Waals surface area contributed by atoms with E-state index in [0.29, 0.717) is 24.4 Å². The van der Waals surface area contributed by atoms with Crippen LogP contribution in [-0.2, 0) is 4.74 Å². The van der Waals surface area contributed by atoms with Gasteiger partial charge in [-0.2, -0.15) is 0 Å². The molecule has 0 fully saturated rings. The molecule has 0 saturated carbocycles. The number of aliphatic hydroxyl groups is 1. The van der Waals surface area contributed by atoms with Crippen molar-refractivity contribution in [3.63, 3.8) is 0 Å². The third-order valence-electron chi connectivity index (χ3n) is 1.90. The summed E-state index contributed by atoms with van der Waals surface area (Å²) >= 11 is 0. The molecule has 1 aromatic rings. The topological polar surface area (TPSA) is 71.5 Å². The van der Waals surface area contributed by atoms with Gasteiger partial charge in [0.2, 0.25) is 0 Å². The number of aromatic nitrogens is 1. The first-order valence-corrected chi connectivity index (χ1v) is 5.11. The Labute approximate surface area is 99.8 Å². The molecular formula is C12H14N2O3. The van der Waals surface area contributed by atoms with Gasteiger partial charge in [-0.25, -0.2) is 4.98 Å². The molecule has 5 heteroatoms. The molecule has 17 heavy (non-hydrogen) atoms. The molecule has 0 radical (unpaired) electrons. The molecule has 0 atom stereocenters. The minimum absolute atomic E-state index is 0.195. The SMILES string of the molecule is COCCNC(=O)c1ccc(C#CCO)cn1. The highest BCUT2D eigenvalue weighted by Gasteiger charge is 2.05. The quantitative estimate of drug-likeness (QED) is 0.559. The van der Waals surface area contributed by atoms with Gasteiger partial charge in [-0.05, 0) is 12.1 Å². The number of amides is 1. The van der Waals surface area contributed by atoms with Crippen molar-refractivity contribution in [2.24, 2.45) is 0 Å². The fourth-order valence-electron chi connectivity index (χ4n) is 1.10. The zero-order valence-electron chi connectivity index (χ0n) is 9.56. The molecule has 1 amide bonds. The summed E-state index contributed by atoms with van der Waals surface area (Å²) in [5.41, 5.74) is 0.989. The Kier molecular flexibility index (Phi) is 5.72. The first kappa shape index (κ1) is 13.2. The normalized spacial score (nSPS) is 9.29. The predicted octanol–water partition coefficient (Wildman–Crippen LogP) is -0.198. The van der Waals surface area contributed by atoms with Gasteiger partial charge in [0.05, 0.1) is 6.61 Å². The number of nitrogens with zero attached hydrogens (tertiary/aromatic N) is 1. The Morgan fingerprint density at radius 1 is 1.59 bits per heavy atom. The highest BCUT2D eigenvalue weighted by molar-refractivity contribution is 5.92. The van der Waals surface area contributed by atoms with Crippen molar-refractivity contribution >= 4 is 5.91 Å². The van der Waals surface area contributed by atoms with E-state index in [2.05, 4.69) is 22.1 Å². The number of pyridine rings is 1. The maximum Gasteiger partial charge on any atom is 0.269 e. The van der Waals surface area contributed by atoms with E-state index in [1.807, 2.05) is 0 Å². The summed E-state index contributed by atoms with van der Waals surface area (Å²) in [6.45, 7) is 0.716. The fraction of sp³-hybridized carbons (Fsp3) is 0.333. The first-order valence-electron chi connectivity index (χ1n) is 5.11. The number of hydrogen-bond acceptors (Lipinski definition) is 4. The second-order valence-corrected chi connectivity index (χ2v) is 3.14. The Hall–Kier alpha value is -1.90. The summed E-state index contributed by atoms with van der Waals surface area (Å²) < 4.78 is 4.81. The van der Waals surface area contributed by atoms with Gasteiger partial charge < -0.3 is 15.2 Å². The largest absolute Gasteiger partial charge is 0.384 e. The third-order valence-corrected chi connectivity index (χ3v) is 1.90. The second kappa shape index (κ2) is 7.39. The smallest absolute Gasteiger partial charge is 0.269 e. The number of hydrogen-bond donors (Lipinski definition) is 2. The van der Waals surface area contributed by atoms with E-state index in [0.717, 1.165) is 0 Å². The number of aliphatic hydroxyl groups excluding tert-OH is 1. The molecule has 1 aromatic heterocycles. The van der Waals surface area contributed by atoms with E-state index in [1.54, 1.807) is 19.2 Å². The first-order chi connectivity index (χ1) is 8.27. The average molecular weight is 234 g/mol. The van der Waals surface area contributed by atoms with Gasteiger partial charge in [-0.1, -0.05) is 11.8 Å². The minimum Gasteiger partial charge on any atom is -0.384 e. The van der Waals surface area contributed by atoms with E-state index in [9.17, 15) is 4.79 Å². The molecule has 0 aliphatic rings. The van der Waals surface area contributed by atoms with Crippen LogP contribution < -0.4 is 5.32 Å². The molecule has 0 aromatic carbocycles. The summed E-state index contributed by atoms with van der Waals surface area (Å²) in [4.78, 5) is 15.5. The molecule has 0 spiro atoms. The molecule has 1 rings (SSSR count). The molecule has 1 heterocycles. The van der Waals surface area contributed by atoms with E-state index in [4.69, 9.17) is 9.84 Å². The zero-order valence-corrected chi connectivity index (χ0v) is 9.56. The molecule has 0 bridgehead atoms. The van der Waals surface area contributed by atoms with Crippen LogP contribution >= 0.6 is 0 Å². The standard InChI is InChI=1S/C12H14N2O3/c1-17-8-6-13-12(16)11-5-4-10(9-14-11)3-2-7-15/h4-5,9,15H,6-8H2,1H3,(H,13,16). The molecule has 5 nitrogen and oxygen atoms in total. The van der Waals surface area contributed by atoms with Crippen molar-refractivity contribution in [2.75, 3.05) is 26.9 Å². The molecule has 2 N–H and O–H groups in total. The van der Waals surface area contributed by atoms with Gasteiger partial charge in [-0.3, -0.25) is 4.79 Å². The Balaban J connectivity index is 2.57. The number of ether oxygens (including phenoxy) is 1. The van der Waals surface area contributed by atoms with Crippen molar-refractivity contribution in [3.8, 4) is 11.8 Å². The van der Waals surface area contributed by atoms with Crippen LogP contribution in [0.15, 0.2) is 18.3 Å². The fourth-order valence-corrected chi connectivity index (χ4v) is 1.10. The van der Waals surface area contributed by atoms with E-state index in [-0.39, 0.29) is 12.5 Å². The molecular weight excluding hydrogens is 220 g/mol. The van der Waals surface area contributed by atoms with Crippen molar-refractivity contribution in [1.29, 1.82) is 0 Å². The summed E-state index contributed by atoms with van der Waals surface area (Å²) in [7, 11) is 1.57. The van der Waals surface area contributed by atoms with Crippen molar-refractivity contribution in [2.45, 2.75) is 0 Å². The monoisotopic (exact) mass is 234 g/mol. The average Bonchev–Trinajstić information content (AvgIpc) is 2.37. The summed E-state index contributed by atoms with van der Waals surface area (Å²) in [6.07, 6.45) is 1.49. The Morgan fingerprint density at radius 3 is 3.00 bits per heavy atom. The maximum absolute atomic E-state index is 11.5. The Bertz CT molecular complexity index is 418. The van der Waals surface area contributed by atoms with Crippen molar-refractivity contribution in [1.82, 2.24) is 10.3 Å². The van der Waals surface area contributed by atoms with Gasteiger partial charge >= 0.3 is 0 Å². The maximum atomic E-state index is 11.5. The lowest BCUT2D eigenvalue weighted by Crippen LogP contribution is -2.27. The molecule has 90 valence electrons. The lowest BCUT2D eigenvalue weighted by molar-refractivity contribution is 0.0932. The number of methoxy groups -OCH3 is 1. The molecule has 0 unspecified atom stereocenters. The van der Waals surface area contributed by atoms with Crippen molar-refractivity contribution < 1.29 is 14.6 Å². The van der Waals surface area contributed by atoms with Crippen LogP contribution in [0.3, 0.4) is 0 Å². The van der Waals surface area contributed by atoms with Crippen LogP contribution in [0.4, 0.5) is 0 Å². The van der Waals surface area contributed by atoms with Crippen LogP contribution in [0.5, 0.6) is 0 Å². The van der Waals surface area contributed by atoms with Gasteiger partial charge in [0, 0.05) is 25.4 Å². The molecule has 0 aliphatic carbocycles. The molecule has 0 aliphatic heterocycles. The number of carbonyl (C=O) groups is 1. The van der Waals surface area contributed by atoms with E-state index >= 15 is 0 Å². The highest BCUT2D eigenvalue weighted by Crippen LogP contribution is 1.98. The van der Waals surface area contributed by atoms with Crippen LogP contribution in [0.1, 0.15) is 16.1 Å². The van der Waals surface area contributed by atoms with Crippen molar-refractivity contribution in [3.05, 3.63) is 29.6 Å². The van der Waals surface area contributed by atoms with Crippen LogP contribution in [0.25, 0.3) is 0 Å². The van der Waals surface area contributed by atoms with Crippen LogP contribution in [-0.4, -0.2) is 42.9 Å². The van der Waals surface area contributed by atoms with E-state index < -0.39 is 0 Å². The lowest BCUT2D eigenvalue weighted by Gasteiger charge is -2.03. The minimum atomic E-state index is -0.247. The summed E-state index contributed by atoms with van der Waals surface area (Å²) in [5, 5.41) is 11.2. The number of nitrogens with one attached hydrogen (secondary N) is 1. The van der Waals surface area contributed by atoms with Gasteiger partial charge in [0.1, 0.15) is 12.3 Å². The van der Waals surface area contributed by atoms with Gasteiger partial charge in [-0.15, -0.1) is 0 Å². The highest BCUT2D eigenvalue weighted by atomic mass is 16.5. The summed E-state index contributed by atoms with van der Waals surface area (Å²) in [5.74, 6) is 4.96. The summed E-state index contributed by atoms with van der Waals surface area (Å²) in [6, 6.07) is 3.27. The van der Waals surface area contributed by atoms with Gasteiger partial charge in [0.25, 0.3) is 5.91 Å². The predicted molar refractivity (Wildman–Crippen MR) is 62.4 cm³/mol. The second-order valence-electron chi connectivity index (χ2n) is 3.14.